The zero-order chi connectivity index (χ0) is 14.4. The summed E-state index contributed by atoms with van der Waals surface area (Å²) in [4.78, 5) is 3.69. The fraction of sp³-hybridized carbons (Fsp3) is 0.133. The highest BCUT2D eigenvalue weighted by atomic mass is 35.5. The Hall–Kier alpha value is -2.12. The maximum absolute atomic E-state index is 13.6. The lowest BCUT2D eigenvalue weighted by molar-refractivity contribution is 0.289. The maximum Gasteiger partial charge on any atom is 0.165 e. The minimum absolute atomic E-state index is 0.0219. The van der Waals surface area contributed by atoms with Gasteiger partial charge in [0.1, 0.15) is 12.4 Å². The van der Waals surface area contributed by atoms with Crippen LogP contribution in [0.25, 0.3) is 0 Å². The number of hydrogen-bond acceptors (Lipinski definition) is 2. The van der Waals surface area contributed by atoms with E-state index in [0.717, 1.165) is 6.20 Å². The summed E-state index contributed by atoms with van der Waals surface area (Å²) in [5, 5.41) is 0. The van der Waals surface area contributed by atoms with Gasteiger partial charge in [0.05, 0.1) is 12.1 Å². The number of alkyl halides is 1. The predicted octanol–water partition coefficient (Wildman–Crippen LogP) is 3.53. The van der Waals surface area contributed by atoms with Crippen LogP contribution in [0, 0.1) is 23.5 Å². The molecule has 0 spiro atoms. The first-order valence-corrected chi connectivity index (χ1v) is 6.29. The summed E-state index contributed by atoms with van der Waals surface area (Å²) in [6.07, 6.45) is 2.55. The molecule has 2 aromatic rings. The van der Waals surface area contributed by atoms with E-state index in [4.69, 9.17) is 16.3 Å². The molecule has 2 rings (SSSR count). The van der Waals surface area contributed by atoms with Gasteiger partial charge < -0.3 is 4.74 Å². The molecule has 0 aliphatic carbocycles. The topological polar surface area (TPSA) is 22.1 Å². The quantitative estimate of drug-likeness (QED) is 0.638. The number of nitrogens with zero attached hydrogens (tertiary/aromatic N) is 1. The molecule has 0 N–H and O–H groups in total. The van der Waals surface area contributed by atoms with Crippen LogP contribution in [0.15, 0.2) is 36.7 Å². The predicted molar refractivity (Wildman–Crippen MR) is 72.5 cm³/mol. The lowest BCUT2D eigenvalue weighted by Crippen LogP contribution is -1.99. The van der Waals surface area contributed by atoms with Crippen LogP contribution in [0.1, 0.15) is 11.1 Å². The Morgan fingerprint density at radius 3 is 2.80 bits per heavy atom. The molecule has 1 heterocycles. The van der Waals surface area contributed by atoms with Crippen LogP contribution in [-0.2, 0) is 6.61 Å². The molecule has 0 saturated carbocycles. The first-order valence-electron chi connectivity index (χ1n) is 5.75. The van der Waals surface area contributed by atoms with Crippen molar-refractivity contribution in [2.45, 2.75) is 6.61 Å². The van der Waals surface area contributed by atoms with Crippen molar-refractivity contribution in [1.82, 2.24) is 4.98 Å². The van der Waals surface area contributed by atoms with Crippen molar-refractivity contribution in [2.24, 2.45) is 0 Å². The molecule has 1 aromatic heterocycles. The van der Waals surface area contributed by atoms with E-state index in [1.54, 1.807) is 0 Å². The van der Waals surface area contributed by atoms with Crippen molar-refractivity contribution in [2.75, 3.05) is 5.88 Å². The van der Waals surface area contributed by atoms with Gasteiger partial charge in [-0.3, -0.25) is 4.98 Å². The van der Waals surface area contributed by atoms with Gasteiger partial charge in [0.2, 0.25) is 0 Å². The number of rotatable bonds is 3. The first-order chi connectivity index (χ1) is 9.69. The first kappa shape index (κ1) is 14.3. The second-order valence-electron chi connectivity index (χ2n) is 3.88. The van der Waals surface area contributed by atoms with Gasteiger partial charge in [-0.15, -0.1) is 11.6 Å². The molecule has 0 amide bonds. The fourth-order valence-corrected chi connectivity index (χ4v) is 1.59. The Morgan fingerprint density at radius 1 is 1.20 bits per heavy atom. The van der Waals surface area contributed by atoms with E-state index < -0.39 is 11.6 Å². The van der Waals surface area contributed by atoms with Gasteiger partial charge in [0.25, 0.3) is 0 Å². The highest BCUT2D eigenvalue weighted by molar-refractivity contribution is 6.19. The van der Waals surface area contributed by atoms with Crippen molar-refractivity contribution < 1.29 is 13.5 Å². The van der Waals surface area contributed by atoms with Gasteiger partial charge >= 0.3 is 0 Å². The molecule has 0 atom stereocenters. The monoisotopic (exact) mass is 293 g/mol. The Kier molecular flexibility index (Phi) is 4.91. The van der Waals surface area contributed by atoms with E-state index in [-0.39, 0.29) is 18.2 Å². The van der Waals surface area contributed by atoms with Gasteiger partial charge in [0.15, 0.2) is 11.6 Å². The number of ether oxygens (including phenoxy) is 1. The van der Waals surface area contributed by atoms with Gasteiger partial charge in [0, 0.05) is 17.3 Å². The molecule has 20 heavy (non-hydrogen) atoms. The second-order valence-corrected chi connectivity index (χ2v) is 4.15. The van der Waals surface area contributed by atoms with Crippen molar-refractivity contribution in [1.29, 1.82) is 0 Å². The third kappa shape index (κ3) is 3.94. The molecule has 2 nitrogen and oxygen atoms in total. The van der Waals surface area contributed by atoms with Crippen LogP contribution in [0.3, 0.4) is 0 Å². The SMILES string of the molecule is Fc1cncc(COc2cc(C#CCCl)ccc2F)c1. The Bertz CT molecular complexity index is 664. The smallest absolute Gasteiger partial charge is 0.165 e. The molecule has 102 valence electrons. The average Bonchev–Trinajstić information content (AvgIpc) is 2.45. The number of aromatic nitrogens is 1. The molecule has 0 fully saturated rings. The lowest BCUT2D eigenvalue weighted by Gasteiger charge is -2.07. The minimum Gasteiger partial charge on any atom is -0.486 e. The van der Waals surface area contributed by atoms with Crippen LogP contribution >= 0.6 is 11.6 Å². The summed E-state index contributed by atoms with van der Waals surface area (Å²) in [5.41, 5.74) is 1.11. The van der Waals surface area contributed by atoms with E-state index in [2.05, 4.69) is 16.8 Å². The number of halogens is 3. The Balaban J connectivity index is 2.12. The summed E-state index contributed by atoms with van der Waals surface area (Å²) in [5.74, 6) is 4.71. The molecular weight excluding hydrogens is 284 g/mol. The summed E-state index contributed by atoms with van der Waals surface area (Å²) >= 11 is 5.46. The van der Waals surface area contributed by atoms with Crippen molar-refractivity contribution >= 4 is 11.6 Å². The molecular formula is C15H10ClF2NO. The molecule has 0 bridgehead atoms. The van der Waals surface area contributed by atoms with Crippen molar-refractivity contribution in [3.8, 4) is 17.6 Å². The molecule has 1 aromatic carbocycles. The molecule has 0 aliphatic heterocycles. The summed E-state index contributed by atoms with van der Waals surface area (Å²) < 4.78 is 31.9. The Labute approximate surface area is 120 Å². The van der Waals surface area contributed by atoms with Crippen LogP contribution in [-0.4, -0.2) is 10.9 Å². The summed E-state index contributed by atoms with van der Waals surface area (Å²) in [6.45, 7) is 0.0219. The molecule has 5 heteroatoms. The fourth-order valence-electron chi connectivity index (χ4n) is 1.52. The molecule has 0 saturated heterocycles. The van der Waals surface area contributed by atoms with Gasteiger partial charge in [-0.25, -0.2) is 8.78 Å². The van der Waals surface area contributed by atoms with E-state index >= 15 is 0 Å². The molecule has 0 aliphatic rings. The number of pyridine rings is 1. The third-order valence-corrected chi connectivity index (χ3v) is 2.52. The van der Waals surface area contributed by atoms with E-state index in [1.165, 1.54) is 30.5 Å². The van der Waals surface area contributed by atoms with Crippen LogP contribution in [0.2, 0.25) is 0 Å². The highest BCUT2D eigenvalue weighted by Gasteiger charge is 2.05. The minimum atomic E-state index is -0.509. The maximum atomic E-state index is 13.6. The zero-order valence-electron chi connectivity index (χ0n) is 10.4. The third-order valence-electron chi connectivity index (χ3n) is 2.39. The molecule has 0 radical (unpaired) electrons. The van der Waals surface area contributed by atoms with Crippen LogP contribution < -0.4 is 4.74 Å². The van der Waals surface area contributed by atoms with Crippen molar-refractivity contribution in [3.05, 3.63) is 59.4 Å². The summed E-state index contributed by atoms with van der Waals surface area (Å²) in [7, 11) is 0. The Morgan fingerprint density at radius 2 is 2.05 bits per heavy atom. The zero-order valence-corrected chi connectivity index (χ0v) is 11.1. The van der Waals surface area contributed by atoms with Gasteiger partial charge in [-0.2, -0.15) is 0 Å². The van der Waals surface area contributed by atoms with Crippen LogP contribution in [0.4, 0.5) is 8.78 Å². The number of benzene rings is 1. The summed E-state index contributed by atoms with van der Waals surface area (Å²) in [6, 6.07) is 5.55. The highest BCUT2D eigenvalue weighted by Crippen LogP contribution is 2.19. The van der Waals surface area contributed by atoms with E-state index in [9.17, 15) is 8.78 Å². The lowest BCUT2D eigenvalue weighted by atomic mass is 10.2. The standard InChI is InChI=1S/C15H10ClF2NO/c16-5-1-2-11-3-4-14(18)15(7-11)20-10-12-6-13(17)9-19-8-12/h3-4,6-9H,5,10H2. The second kappa shape index (κ2) is 6.88. The molecule has 0 unspecified atom stereocenters. The van der Waals surface area contributed by atoms with Gasteiger partial charge in [-0.05, 0) is 24.3 Å². The number of hydrogen-bond donors (Lipinski definition) is 0. The average molecular weight is 294 g/mol. The van der Waals surface area contributed by atoms with E-state index in [0.29, 0.717) is 11.1 Å². The normalized spacial score (nSPS) is 9.75. The van der Waals surface area contributed by atoms with Crippen LogP contribution in [0.5, 0.6) is 5.75 Å². The van der Waals surface area contributed by atoms with Crippen molar-refractivity contribution in [3.63, 3.8) is 0 Å². The van der Waals surface area contributed by atoms with E-state index in [1.807, 2.05) is 0 Å². The van der Waals surface area contributed by atoms with Gasteiger partial charge in [-0.1, -0.05) is 11.8 Å². The largest absolute Gasteiger partial charge is 0.486 e.